The molecule has 3 rings (SSSR count). The number of rotatable bonds is 6. The second-order valence-corrected chi connectivity index (χ2v) is 7.84. The molecule has 0 aromatic heterocycles. The average Bonchev–Trinajstić information content (AvgIpc) is 3.14. The van der Waals surface area contributed by atoms with Gasteiger partial charge in [-0.15, -0.1) is 0 Å². The first-order valence-corrected chi connectivity index (χ1v) is 10.2. The number of methoxy groups -OCH3 is 3. The van der Waals surface area contributed by atoms with Gasteiger partial charge in [-0.1, -0.05) is 12.8 Å². The number of carbonyl (C=O) groups excluding carboxylic acids is 2. The van der Waals surface area contributed by atoms with Crippen LogP contribution in [0.25, 0.3) is 0 Å². The van der Waals surface area contributed by atoms with Crippen LogP contribution in [0.5, 0.6) is 17.2 Å². The zero-order valence-electron chi connectivity index (χ0n) is 17.8. The van der Waals surface area contributed by atoms with Crippen LogP contribution in [0.3, 0.4) is 0 Å². The van der Waals surface area contributed by atoms with Crippen LogP contribution in [0.1, 0.15) is 32.1 Å². The van der Waals surface area contributed by atoms with Gasteiger partial charge in [0.1, 0.15) is 0 Å². The molecule has 0 bridgehead atoms. The van der Waals surface area contributed by atoms with E-state index in [-0.39, 0.29) is 31.7 Å². The molecule has 1 aromatic carbocycles. The molecule has 2 aliphatic rings. The van der Waals surface area contributed by atoms with E-state index in [4.69, 9.17) is 14.2 Å². The van der Waals surface area contributed by atoms with Crippen LogP contribution in [0.4, 0.5) is 18.9 Å². The molecule has 1 aliphatic carbocycles. The number of ether oxygens (including phenoxy) is 3. The molecule has 1 aliphatic heterocycles. The summed E-state index contributed by atoms with van der Waals surface area (Å²) in [7, 11) is 4.36. The number of nitrogens with zero attached hydrogens (tertiary/aromatic N) is 1. The Morgan fingerprint density at radius 1 is 1.06 bits per heavy atom. The lowest BCUT2D eigenvalue weighted by atomic mass is 9.83. The first-order chi connectivity index (χ1) is 14.7. The van der Waals surface area contributed by atoms with Crippen LogP contribution in [-0.4, -0.2) is 51.9 Å². The van der Waals surface area contributed by atoms with Gasteiger partial charge in [-0.2, -0.15) is 13.2 Å². The number of nitrogens with one attached hydrogen (secondary N) is 1. The third kappa shape index (κ3) is 4.83. The summed E-state index contributed by atoms with van der Waals surface area (Å²) in [5.74, 6) is -2.03. The molecule has 3 unspecified atom stereocenters. The third-order valence-electron chi connectivity index (χ3n) is 5.97. The molecule has 0 radical (unpaired) electrons. The zero-order valence-corrected chi connectivity index (χ0v) is 17.8. The normalized spacial score (nSPS) is 24.1. The summed E-state index contributed by atoms with van der Waals surface area (Å²) >= 11 is 0. The summed E-state index contributed by atoms with van der Waals surface area (Å²) in [6.45, 7) is 0.0622. The number of anilines is 1. The standard InChI is InChI=1S/C21H27F3N2O5/c1-29-16-9-13(10-17(30-2)19(16)31-3)26-11-12(8-18(26)27)20(28)25-15-7-5-4-6-14(15)21(22,23)24/h9-10,12,14-15H,4-8,11H2,1-3H3,(H,25,28). The van der Waals surface area contributed by atoms with E-state index in [2.05, 4.69) is 5.32 Å². The van der Waals surface area contributed by atoms with E-state index in [1.807, 2.05) is 0 Å². The van der Waals surface area contributed by atoms with Gasteiger partial charge in [-0.3, -0.25) is 9.59 Å². The lowest BCUT2D eigenvalue weighted by molar-refractivity contribution is -0.189. The van der Waals surface area contributed by atoms with Crippen LogP contribution in [0.15, 0.2) is 12.1 Å². The Hall–Kier alpha value is -2.65. The average molecular weight is 444 g/mol. The Labute approximate surface area is 178 Å². The molecule has 1 N–H and O–H groups in total. The molecule has 172 valence electrons. The van der Waals surface area contributed by atoms with E-state index in [1.54, 1.807) is 12.1 Å². The molecule has 2 amide bonds. The minimum Gasteiger partial charge on any atom is -0.493 e. The Balaban J connectivity index is 1.75. The van der Waals surface area contributed by atoms with Crippen LogP contribution in [0.2, 0.25) is 0 Å². The molecule has 1 saturated heterocycles. The molecule has 7 nitrogen and oxygen atoms in total. The molecule has 10 heteroatoms. The molecule has 2 fully saturated rings. The maximum Gasteiger partial charge on any atom is 0.393 e. The monoisotopic (exact) mass is 444 g/mol. The van der Waals surface area contributed by atoms with E-state index in [9.17, 15) is 22.8 Å². The van der Waals surface area contributed by atoms with Crippen LogP contribution < -0.4 is 24.4 Å². The van der Waals surface area contributed by atoms with Crippen LogP contribution in [-0.2, 0) is 9.59 Å². The van der Waals surface area contributed by atoms with E-state index in [1.165, 1.54) is 26.2 Å². The van der Waals surface area contributed by atoms with Crippen LogP contribution >= 0.6 is 0 Å². The summed E-state index contributed by atoms with van der Waals surface area (Å²) < 4.78 is 55.8. The number of hydrogen-bond acceptors (Lipinski definition) is 5. The third-order valence-corrected chi connectivity index (χ3v) is 5.97. The number of amides is 2. The fraction of sp³-hybridized carbons (Fsp3) is 0.619. The number of carbonyl (C=O) groups is 2. The topological polar surface area (TPSA) is 77.1 Å². The van der Waals surface area contributed by atoms with Crippen molar-refractivity contribution < 1.29 is 37.0 Å². The van der Waals surface area contributed by atoms with Crippen molar-refractivity contribution in [3.05, 3.63) is 12.1 Å². The molecule has 1 heterocycles. The molecule has 31 heavy (non-hydrogen) atoms. The second-order valence-electron chi connectivity index (χ2n) is 7.84. The second kappa shape index (κ2) is 9.23. The zero-order chi connectivity index (χ0) is 22.8. The van der Waals surface area contributed by atoms with Gasteiger partial charge < -0.3 is 24.4 Å². The van der Waals surface area contributed by atoms with Gasteiger partial charge in [0.25, 0.3) is 0 Å². The van der Waals surface area contributed by atoms with Crippen molar-refractivity contribution in [3.8, 4) is 17.2 Å². The molecular weight excluding hydrogens is 417 g/mol. The number of hydrogen-bond donors (Lipinski definition) is 1. The first kappa shape index (κ1) is 23.0. The van der Waals surface area contributed by atoms with E-state index in [0.29, 0.717) is 35.8 Å². The van der Waals surface area contributed by atoms with Gasteiger partial charge >= 0.3 is 6.18 Å². The minimum absolute atomic E-state index is 0.00953. The van der Waals surface area contributed by atoms with Crippen molar-refractivity contribution >= 4 is 17.5 Å². The number of benzene rings is 1. The summed E-state index contributed by atoms with van der Waals surface area (Å²) in [5, 5.41) is 2.57. The fourth-order valence-corrected chi connectivity index (χ4v) is 4.35. The summed E-state index contributed by atoms with van der Waals surface area (Å²) in [5.41, 5.74) is 0.459. The summed E-state index contributed by atoms with van der Waals surface area (Å²) in [6, 6.07) is 2.24. The van der Waals surface area contributed by atoms with Crippen molar-refractivity contribution in [2.24, 2.45) is 11.8 Å². The van der Waals surface area contributed by atoms with E-state index >= 15 is 0 Å². The van der Waals surface area contributed by atoms with Gasteiger partial charge in [0.05, 0.1) is 38.9 Å². The smallest absolute Gasteiger partial charge is 0.393 e. The molecule has 3 atom stereocenters. The van der Waals surface area contributed by atoms with Gasteiger partial charge in [0.2, 0.25) is 17.6 Å². The predicted octanol–water partition coefficient (Wildman–Crippen LogP) is 3.30. The van der Waals surface area contributed by atoms with Crippen molar-refractivity contribution in [1.29, 1.82) is 0 Å². The maximum absolute atomic E-state index is 13.3. The Morgan fingerprint density at radius 3 is 2.23 bits per heavy atom. The van der Waals surface area contributed by atoms with E-state index < -0.39 is 30.0 Å². The van der Waals surface area contributed by atoms with Crippen LogP contribution in [0, 0.1) is 11.8 Å². The predicted molar refractivity (Wildman–Crippen MR) is 107 cm³/mol. The highest BCUT2D eigenvalue weighted by atomic mass is 19.4. The van der Waals surface area contributed by atoms with Gasteiger partial charge in [-0.05, 0) is 12.8 Å². The Morgan fingerprint density at radius 2 is 1.68 bits per heavy atom. The molecule has 1 aromatic rings. The molecular formula is C21H27F3N2O5. The molecule has 1 saturated carbocycles. The fourth-order valence-electron chi connectivity index (χ4n) is 4.35. The van der Waals surface area contributed by atoms with E-state index in [0.717, 1.165) is 0 Å². The van der Waals surface area contributed by atoms with Crippen molar-refractivity contribution in [2.75, 3.05) is 32.8 Å². The summed E-state index contributed by atoms with van der Waals surface area (Å²) in [6.07, 6.45) is -3.01. The maximum atomic E-state index is 13.3. The Bertz CT molecular complexity index is 805. The van der Waals surface area contributed by atoms with Gasteiger partial charge in [-0.25, -0.2) is 0 Å². The minimum atomic E-state index is -4.36. The lowest BCUT2D eigenvalue weighted by Crippen LogP contribution is -2.49. The highest BCUT2D eigenvalue weighted by Gasteiger charge is 2.47. The lowest BCUT2D eigenvalue weighted by Gasteiger charge is -2.34. The highest BCUT2D eigenvalue weighted by Crippen LogP contribution is 2.42. The highest BCUT2D eigenvalue weighted by molar-refractivity contribution is 6.00. The Kier molecular flexibility index (Phi) is 6.86. The van der Waals surface area contributed by atoms with Gasteiger partial charge in [0.15, 0.2) is 11.5 Å². The molecule has 0 spiro atoms. The van der Waals surface area contributed by atoms with Crippen molar-refractivity contribution in [1.82, 2.24) is 5.32 Å². The SMILES string of the molecule is COc1cc(N2CC(C(=O)NC3CCCCC3C(F)(F)F)CC2=O)cc(OC)c1OC. The van der Waals surface area contributed by atoms with Crippen molar-refractivity contribution in [2.45, 2.75) is 44.3 Å². The van der Waals surface area contributed by atoms with Gasteiger partial charge in [0, 0.05) is 31.1 Å². The summed E-state index contributed by atoms with van der Waals surface area (Å²) in [4.78, 5) is 26.8. The quantitative estimate of drug-likeness (QED) is 0.729. The number of alkyl halides is 3. The largest absolute Gasteiger partial charge is 0.493 e. The van der Waals surface area contributed by atoms with Crippen molar-refractivity contribution in [3.63, 3.8) is 0 Å². The number of halogens is 3. The first-order valence-electron chi connectivity index (χ1n) is 10.2.